The van der Waals surface area contributed by atoms with Gasteiger partial charge in [0.1, 0.15) is 36.6 Å². The third kappa shape index (κ3) is 3.92. The van der Waals surface area contributed by atoms with Crippen LogP contribution in [0.4, 0.5) is 0 Å². The van der Waals surface area contributed by atoms with Gasteiger partial charge in [0.2, 0.25) is 0 Å². The highest BCUT2D eigenvalue weighted by Crippen LogP contribution is 2.37. The molecule has 0 saturated carbocycles. The molecule has 8 heteroatoms. The van der Waals surface area contributed by atoms with Crippen LogP contribution in [-0.4, -0.2) is 91.9 Å². The molecule has 2 fully saturated rings. The van der Waals surface area contributed by atoms with Crippen molar-refractivity contribution in [1.82, 2.24) is 0 Å². The third-order valence-corrected chi connectivity index (χ3v) is 5.23. The van der Waals surface area contributed by atoms with Gasteiger partial charge in [0.25, 0.3) is 0 Å². The fourth-order valence-electron chi connectivity index (χ4n) is 3.96. The highest BCUT2D eigenvalue weighted by molar-refractivity contribution is 5.75. The van der Waals surface area contributed by atoms with Crippen molar-refractivity contribution < 1.29 is 35.7 Å². The number of hydrogen-bond acceptors (Lipinski definition) is 7. The van der Waals surface area contributed by atoms with Crippen molar-refractivity contribution in [2.75, 3.05) is 13.2 Å². The predicted molar refractivity (Wildman–Crippen MR) is 96.9 cm³/mol. The number of ether oxygens (including phenoxy) is 4. The Balaban J connectivity index is 0.00000121. The van der Waals surface area contributed by atoms with Crippen LogP contribution in [0, 0.1) is 0 Å². The molecule has 0 spiro atoms. The molecule has 0 aromatic carbocycles. The maximum absolute atomic E-state index is 10.7. The molecule has 3 N–H and O–H groups in total. The molecule has 26 heavy (non-hydrogen) atoms. The minimum Gasteiger partial charge on any atom is -0.394 e. The normalized spacial score (nSPS) is 47.1. The van der Waals surface area contributed by atoms with E-state index < -0.39 is 36.6 Å². The molecule has 3 radical (unpaired) electrons. The van der Waals surface area contributed by atoms with E-state index in [0.717, 1.165) is 0 Å². The van der Waals surface area contributed by atoms with Gasteiger partial charge in [-0.05, 0) is 6.42 Å². The highest BCUT2D eigenvalue weighted by atomic mass is 16.6. The van der Waals surface area contributed by atoms with E-state index in [0.29, 0.717) is 19.4 Å². The van der Waals surface area contributed by atoms with Crippen molar-refractivity contribution in [3.8, 4) is 0 Å². The fourth-order valence-corrected chi connectivity index (χ4v) is 3.96. The quantitative estimate of drug-likeness (QED) is 0.434. The number of rotatable bonds is 1. The maximum atomic E-state index is 10.7. The van der Waals surface area contributed by atoms with Crippen LogP contribution in [0.25, 0.3) is 0 Å². The van der Waals surface area contributed by atoms with E-state index in [1.807, 2.05) is 12.2 Å². The Morgan fingerprint density at radius 1 is 0.962 bits per heavy atom. The minimum atomic E-state index is -0.878. The lowest BCUT2D eigenvalue weighted by atomic mass is 9.87. The Morgan fingerprint density at radius 3 is 2.54 bits per heavy atom. The first-order valence-electron chi connectivity index (χ1n) is 8.55. The second-order valence-corrected chi connectivity index (χ2v) is 6.78. The summed E-state index contributed by atoms with van der Waals surface area (Å²) in [6.45, 7) is 0.189. The zero-order valence-corrected chi connectivity index (χ0v) is 13.9. The Bertz CT molecular complexity index is 520. The van der Waals surface area contributed by atoms with Crippen LogP contribution >= 0.6 is 0 Å². The van der Waals surface area contributed by atoms with Crippen LogP contribution in [-0.2, 0) is 18.9 Å². The van der Waals surface area contributed by atoms with Gasteiger partial charge in [-0.1, -0.05) is 31.7 Å². The summed E-state index contributed by atoms with van der Waals surface area (Å²) in [7, 11) is 0. The first kappa shape index (κ1) is 21.6. The van der Waals surface area contributed by atoms with Crippen molar-refractivity contribution >= 4 is 8.41 Å². The highest BCUT2D eigenvalue weighted by Gasteiger charge is 2.52. The van der Waals surface area contributed by atoms with E-state index in [4.69, 9.17) is 18.9 Å². The number of hydrogen-bond donors (Lipinski definition) is 3. The van der Waals surface area contributed by atoms with Crippen LogP contribution in [0.5, 0.6) is 0 Å². The first-order chi connectivity index (χ1) is 11.7. The van der Waals surface area contributed by atoms with E-state index >= 15 is 0 Å². The van der Waals surface area contributed by atoms with Gasteiger partial charge in [-0.2, -0.15) is 0 Å². The number of fused-ring (bicyclic) bond motifs is 3. The second kappa shape index (κ2) is 8.97. The summed E-state index contributed by atoms with van der Waals surface area (Å²) in [5, 5.41) is 30.1. The fraction of sp³-hybridized carbons (Fsp3) is 0.778. The van der Waals surface area contributed by atoms with Crippen molar-refractivity contribution in [1.29, 1.82) is 0 Å². The second-order valence-electron chi connectivity index (χ2n) is 6.78. The maximum Gasteiger partial charge on any atom is 0.113 e. The van der Waals surface area contributed by atoms with Crippen molar-refractivity contribution in [2.45, 2.75) is 75.2 Å². The lowest BCUT2D eigenvalue weighted by Crippen LogP contribution is -2.63. The molecule has 7 nitrogen and oxygen atoms in total. The van der Waals surface area contributed by atoms with Crippen LogP contribution in [0.3, 0.4) is 0 Å². The average Bonchev–Trinajstić information content (AvgIpc) is 2.91. The van der Waals surface area contributed by atoms with E-state index in [1.165, 1.54) is 0 Å². The van der Waals surface area contributed by atoms with Gasteiger partial charge in [-0.15, -0.1) is 0 Å². The predicted octanol–water partition coefficient (Wildman–Crippen LogP) is -0.205. The molecule has 0 amide bonds. The summed E-state index contributed by atoms with van der Waals surface area (Å²) >= 11 is 0. The van der Waals surface area contributed by atoms with E-state index in [-0.39, 0.29) is 42.2 Å². The molecule has 2 saturated heterocycles. The summed E-state index contributed by atoms with van der Waals surface area (Å²) in [5.41, 5.74) is 0. The van der Waals surface area contributed by atoms with Crippen molar-refractivity contribution in [2.24, 2.45) is 0 Å². The summed E-state index contributed by atoms with van der Waals surface area (Å²) in [6, 6.07) is 0. The van der Waals surface area contributed by atoms with Gasteiger partial charge >= 0.3 is 0 Å². The summed E-state index contributed by atoms with van der Waals surface area (Å²) in [4.78, 5) is 0. The molecule has 0 aromatic rings. The molecule has 147 valence electrons. The Morgan fingerprint density at radius 2 is 1.77 bits per heavy atom. The van der Waals surface area contributed by atoms with Gasteiger partial charge < -0.3 is 34.3 Å². The van der Waals surface area contributed by atoms with E-state index in [2.05, 4.69) is 0 Å². The largest absolute Gasteiger partial charge is 0.394 e. The molecule has 4 aliphatic heterocycles. The van der Waals surface area contributed by atoms with Gasteiger partial charge in [0, 0.05) is 16.3 Å². The molecule has 4 heterocycles. The Hall–Kier alpha value is -0.735. The summed E-state index contributed by atoms with van der Waals surface area (Å²) in [5.74, 6) is 0. The zero-order chi connectivity index (χ0) is 16.7. The third-order valence-electron chi connectivity index (χ3n) is 5.23. The molecule has 0 bridgehead atoms. The molecule has 4 aliphatic rings. The molecular weight excluding hydrogens is 339 g/mol. The summed E-state index contributed by atoms with van der Waals surface area (Å²) in [6.07, 6.45) is 4.01. The van der Waals surface area contributed by atoms with Gasteiger partial charge in [0.05, 0.1) is 31.5 Å². The monoisotopic (exact) mass is 370 g/mol. The standard InChI is InChI=1S/C17H24O7.CH4.B.H2/c18-8-14-9(19)4-5-10-12(23-14)7-13-17(24-10)15(20)16-11(22-13)3-1-2-6-21-16;;;/h1-2,4-5,9-20H,3,6-8H2;1H4;;1H/t9-,10+,11-,12-,13+,14+,15+,16-,17+;;;/m0.../s1/i;;;1+1. The Labute approximate surface area is 157 Å². The van der Waals surface area contributed by atoms with Crippen molar-refractivity contribution in [3.63, 3.8) is 0 Å². The lowest BCUT2D eigenvalue weighted by molar-refractivity contribution is -0.286. The molecular formula is C18H30BO7. The van der Waals surface area contributed by atoms with E-state index in [1.54, 1.807) is 12.2 Å². The van der Waals surface area contributed by atoms with Gasteiger partial charge in [0.15, 0.2) is 0 Å². The lowest BCUT2D eigenvalue weighted by Gasteiger charge is -2.49. The topological polar surface area (TPSA) is 97.6 Å². The minimum absolute atomic E-state index is 0. The van der Waals surface area contributed by atoms with Crippen LogP contribution < -0.4 is 0 Å². The Kier molecular flexibility index (Phi) is 7.44. The number of aliphatic hydroxyl groups excluding tert-OH is 3. The first-order valence-corrected chi connectivity index (χ1v) is 8.55. The van der Waals surface area contributed by atoms with Gasteiger partial charge in [-0.3, -0.25) is 0 Å². The molecule has 0 aliphatic carbocycles. The average molecular weight is 370 g/mol. The van der Waals surface area contributed by atoms with E-state index in [9.17, 15) is 15.3 Å². The smallest absolute Gasteiger partial charge is 0.113 e. The van der Waals surface area contributed by atoms with Crippen LogP contribution in [0.2, 0.25) is 0 Å². The van der Waals surface area contributed by atoms with Crippen LogP contribution in [0.15, 0.2) is 24.3 Å². The van der Waals surface area contributed by atoms with Crippen molar-refractivity contribution in [3.05, 3.63) is 24.3 Å². The SMILES string of the molecule is C.OC[C@H]1O[C@H]2C[C@H]3O[C@H]4CC=CCO[C@@H]4[C@@H](O)[C@@H]3O[C@@H]2C=C[C@@H]1O.[2HH].[B]. The van der Waals surface area contributed by atoms with Crippen LogP contribution in [0.1, 0.15) is 21.7 Å². The zero-order valence-electron chi connectivity index (χ0n) is 13.9. The molecule has 4 rings (SSSR count). The summed E-state index contributed by atoms with van der Waals surface area (Å²) < 4.78 is 23.7. The number of aliphatic hydroxyl groups is 3. The van der Waals surface area contributed by atoms with Gasteiger partial charge in [-0.25, -0.2) is 0 Å². The molecule has 0 unspecified atom stereocenters. The molecule has 0 aromatic heterocycles. The molecule has 9 atom stereocenters.